The van der Waals surface area contributed by atoms with Gasteiger partial charge in [-0.3, -0.25) is 14.9 Å². The molecule has 0 aliphatic rings. The Morgan fingerprint density at radius 1 is 1.21 bits per heavy atom. The van der Waals surface area contributed by atoms with Crippen molar-refractivity contribution in [3.05, 3.63) is 80.1 Å². The Labute approximate surface area is 185 Å². The average Bonchev–Trinajstić information content (AvgIpc) is 3.21. The minimum atomic E-state index is -4.86. The summed E-state index contributed by atoms with van der Waals surface area (Å²) < 4.78 is 53.6. The van der Waals surface area contributed by atoms with E-state index in [9.17, 15) is 32.5 Å². The Kier molecular flexibility index (Phi) is 5.53. The van der Waals surface area contributed by atoms with E-state index in [0.29, 0.717) is 34.9 Å². The molecule has 14 heteroatoms. The fraction of sp³-hybridized carbons (Fsp3) is 0.158. The molecule has 4 rings (SSSR count). The van der Waals surface area contributed by atoms with Crippen molar-refractivity contribution >= 4 is 32.2 Å². The van der Waals surface area contributed by atoms with Crippen molar-refractivity contribution in [2.24, 2.45) is 0 Å². The van der Waals surface area contributed by atoms with E-state index in [1.54, 1.807) is 6.20 Å². The van der Waals surface area contributed by atoms with Gasteiger partial charge >= 0.3 is 6.18 Å². The highest BCUT2D eigenvalue weighted by atomic mass is 32.1. The van der Waals surface area contributed by atoms with Crippen LogP contribution in [0.15, 0.2) is 47.4 Å². The molecule has 0 aliphatic carbocycles. The van der Waals surface area contributed by atoms with Crippen molar-refractivity contribution in [3.63, 3.8) is 0 Å². The van der Waals surface area contributed by atoms with Crippen molar-refractivity contribution in [1.82, 2.24) is 20.0 Å². The van der Waals surface area contributed by atoms with Crippen molar-refractivity contribution in [2.45, 2.75) is 12.7 Å². The third-order valence-electron chi connectivity index (χ3n) is 4.57. The zero-order valence-electron chi connectivity index (χ0n) is 16.6. The van der Waals surface area contributed by atoms with E-state index in [2.05, 4.69) is 15.3 Å². The van der Waals surface area contributed by atoms with E-state index in [1.165, 1.54) is 40.9 Å². The molecule has 0 atom stereocenters. The molecule has 0 fully saturated rings. The highest BCUT2D eigenvalue weighted by Gasteiger charge is 2.34. The molecule has 0 radical (unpaired) electrons. The van der Waals surface area contributed by atoms with Crippen LogP contribution < -0.4 is 10.5 Å². The molecule has 0 N–H and O–H groups in total. The van der Waals surface area contributed by atoms with Crippen LogP contribution in [0.25, 0.3) is 15.8 Å². The molecule has 2 heterocycles. The molecular formula is C19H12F4N6O3S. The number of hydrogen-bond acceptors (Lipinski definition) is 8. The number of anilines is 1. The number of rotatable bonds is 5. The molecule has 0 unspecified atom stereocenters. The quantitative estimate of drug-likeness (QED) is 0.242. The molecule has 2 aromatic heterocycles. The zero-order valence-corrected chi connectivity index (χ0v) is 17.4. The average molecular weight is 480 g/mol. The van der Waals surface area contributed by atoms with E-state index in [4.69, 9.17) is 0 Å². The fourth-order valence-electron chi connectivity index (χ4n) is 3.00. The lowest BCUT2D eigenvalue weighted by atomic mass is 10.1. The number of hydrogen-bond donors (Lipinski definition) is 0. The molecule has 4 aromatic rings. The lowest BCUT2D eigenvalue weighted by Gasteiger charge is -2.16. The smallest absolute Gasteiger partial charge is 0.345 e. The van der Waals surface area contributed by atoms with Gasteiger partial charge < -0.3 is 4.90 Å². The maximum absolute atomic E-state index is 13.1. The first-order chi connectivity index (χ1) is 15.5. The lowest BCUT2D eigenvalue weighted by molar-refractivity contribution is -0.383. The number of nitro groups is 1. The summed E-state index contributed by atoms with van der Waals surface area (Å²) in [4.78, 5) is 28.1. The van der Waals surface area contributed by atoms with Gasteiger partial charge in [0.2, 0.25) is 0 Å². The van der Waals surface area contributed by atoms with Crippen LogP contribution >= 0.6 is 11.3 Å². The van der Waals surface area contributed by atoms with Gasteiger partial charge in [-0.05, 0) is 30.3 Å². The highest BCUT2D eigenvalue weighted by molar-refractivity contribution is 7.22. The monoisotopic (exact) mass is 480 g/mol. The van der Waals surface area contributed by atoms with Gasteiger partial charge in [0.1, 0.15) is 16.2 Å². The maximum Gasteiger partial charge on any atom is 0.416 e. The first-order valence-corrected chi connectivity index (χ1v) is 9.93. The van der Waals surface area contributed by atoms with Gasteiger partial charge in [0.15, 0.2) is 5.13 Å². The Hall–Kier alpha value is -3.94. The molecule has 0 spiro atoms. The number of nitro benzene ring substituents is 1. The van der Waals surface area contributed by atoms with E-state index in [0.717, 1.165) is 0 Å². The second kappa shape index (κ2) is 8.20. The normalized spacial score (nSPS) is 11.7. The van der Waals surface area contributed by atoms with Gasteiger partial charge in [-0.25, -0.2) is 9.07 Å². The summed E-state index contributed by atoms with van der Waals surface area (Å²) in [5.74, 6) is -0.410. The zero-order chi connectivity index (χ0) is 23.9. The summed E-state index contributed by atoms with van der Waals surface area (Å²) in [5, 5.41) is 18.9. The molecule has 0 amide bonds. The first-order valence-electron chi connectivity index (χ1n) is 9.12. The SMILES string of the molecule is CN(Cc1cn(-c2ccc(F)cc2)nn1)c1nc(=O)c2cc(C(F)(F)F)cc([N+](=O)[O-])c2s1. The van der Waals surface area contributed by atoms with Crippen LogP contribution in [0.5, 0.6) is 0 Å². The summed E-state index contributed by atoms with van der Waals surface area (Å²) in [5.41, 5.74) is -2.16. The minimum Gasteiger partial charge on any atom is -0.345 e. The number of nitrogens with zero attached hydrogens (tertiary/aromatic N) is 6. The van der Waals surface area contributed by atoms with Gasteiger partial charge in [0, 0.05) is 13.1 Å². The number of non-ortho nitro benzene ring substituents is 1. The number of fused-ring (bicyclic) bond motifs is 1. The summed E-state index contributed by atoms with van der Waals surface area (Å²) in [6.07, 6.45) is -3.30. The maximum atomic E-state index is 13.1. The van der Waals surface area contributed by atoms with Gasteiger partial charge in [0.25, 0.3) is 11.2 Å². The predicted octanol–water partition coefficient (Wildman–Crippen LogP) is 3.94. The lowest BCUT2D eigenvalue weighted by Crippen LogP contribution is -2.20. The molecule has 2 aromatic carbocycles. The molecule has 33 heavy (non-hydrogen) atoms. The summed E-state index contributed by atoms with van der Waals surface area (Å²) in [6, 6.07) is 6.49. The first kappa shape index (κ1) is 22.3. The van der Waals surface area contributed by atoms with Crippen LogP contribution in [0, 0.1) is 15.9 Å². The second-order valence-electron chi connectivity index (χ2n) is 6.92. The standard InChI is InChI=1S/C19H12F4N6O3S/c1-27(8-12-9-28(26-25-12)13-4-2-11(20)3-5-13)18-24-17(30)14-6-10(19(21,22)23)7-15(29(31)32)16(14)33-18/h2-7,9H,8H2,1H3. The Morgan fingerprint density at radius 3 is 2.55 bits per heavy atom. The van der Waals surface area contributed by atoms with Crippen LogP contribution in [0.4, 0.5) is 28.4 Å². The van der Waals surface area contributed by atoms with Gasteiger partial charge in [-0.1, -0.05) is 16.6 Å². The minimum absolute atomic E-state index is 0.0479. The Bertz CT molecular complexity index is 1420. The topological polar surface area (TPSA) is 107 Å². The van der Waals surface area contributed by atoms with E-state index in [1.807, 2.05) is 0 Å². The largest absolute Gasteiger partial charge is 0.416 e. The second-order valence-corrected chi connectivity index (χ2v) is 7.89. The molecule has 0 saturated carbocycles. The molecule has 0 bridgehead atoms. The third kappa shape index (κ3) is 4.50. The van der Waals surface area contributed by atoms with Crippen LogP contribution in [-0.2, 0) is 12.7 Å². The van der Waals surface area contributed by atoms with Crippen molar-refractivity contribution in [3.8, 4) is 5.69 Å². The Morgan fingerprint density at radius 2 is 1.91 bits per heavy atom. The van der Waals surface area contributed by atoms with Crippen molar-refractivity contribution < 1.29 is 22.5 Å². The molecular weight excluding hydrogens is 468 g/mol. The van der Waals surface area contributed by atoms with Gasteiger partial charge in [-0.15, -0.1) is 5.10 Å². The summed E-state index contributed by atoms with van der Waals surface area (Å²) in [6.45, 7) is 0.0874. The number of benzene rings is 2. The van der Waals surface area contributed by atoms with Crippen molar-refractivity contribution in [2.75, 3.05) is 11.9 Å². The molecule has 9 nitrogen and oxygen atoms in total. The highest BCUT2D eigenvalue weighted by Crippen LogP contribution is 2.38. The van der Waals surface area contributed by atoms with Gasteiger partial charge in [0.05, 0.1) is 34.3 Å². The fourth-order valence-corrected chi connectivity index (χ4v) is 4.03. The summed E-state index contributed by atoms with van der Waals surface area (Å²) in [7, 11) is 1.54. The number of alkyl halides is 3. The molecule has 0 aliphatic heterocycles. The van der Waals surface area contributed by atoms with Crippen LogP contribution in [0.3, 0.4) is 0 Å². The van der Waals surface area contributed by atoms with Gasteiger partial charge in [-0.2, -0.15) is 18.2 Å². The molecule has 0 saturated heterocycles. The Balaban J connectivity index is 1.68. The number of halogens is 4. The summed E-state index contributed by atoms with van der Waals surface area (Å²) >= 11 is 0.717. The predicted molar refractivity (Wildman–Crippen MR) is 111 cm³/mol. The number of aromatic nitrogens is 4. The van der Waals surface area contributed by atoms with Crippen molar-refractivity contribution in [1.29, 1.82) is 0 Å². The van der Waals surface area contributed by atoms with Crippen LogP contribution in [-0.4, -0.2) is 31.9 Å². The van der Waals surface area contributed by atoms with Crippen LogP contribution in [0.2, 0.25) is 0 Å². The van der Waals surface area contributed by atoms with Crippen LogP contribution in [0.1, 0.15) is 11.3 Å². The van der Waals surface area contributed by atoms with E-state index < -0.39 is 39.1 Å². The third-order valence-corrected chi connectivity index (χ3v) is 5.79. The van der Waals surface area contributed by atoms with E-state index >= 15 is 0 Å². The van der Waals surface area contributed by atoms with E-state index in [-0.39, 0.29) is 16.4 Å². The molecule has 170 valence electrons.